The summed E-state index contributed by atoms with van der Waals surface area (Å²) < 4.78 is 0. The van der Waals surface area contributed by atoms with E-state index in [1.807, 2.05) is 0 Å². The molecule has 4 bridgehead atoms. The summed E-state index contributed by atoms with van der Waals surface area (Å²) in [5.41, 5.74) is 0.596. The minimum absolute atomic E-state index is 0.596. The van der Waals surface area contributed by atoms with Crippen LogP contribution in [0.5, 0.6) is 0 Å². The molecule has 0 saturated heterocycles. The first kappa shape index (κ1) is 9.21. The van der Waals surface area contributed by atoms with Gasteiger partial charge >= 0.3 is 0 Å². The van der Waals surface area contributed by atoms with Crippen molar-refractivity contribution in [2.75, 3.05) is 6.54 Å². The van der Waals surface area contributed by atoms with Crippen molar-refractivity contribution >= 4 is 0 Å². The zero-order valence-corrected chi connectivity index (χ0v) is 9.39. The third-order valence-corrected chi connectivity index (χ3v) is 5.18. The van der Waals surface area contributed by atoms with Gasteiger partial charge in [-0.3, -0.25) is 0 Å². The second-order valence-electron chi connectivity index (χ2n) is 5.83. The largest absolute Gasteiger partial charge is 0.311 e. The molecule has 1 heteroatoms. The number of fused-ring (bicyclic) bond motifs is 1. The highest BCUT2D eigenvalue weighted by atomic mass is 15.0. The van der Waals surface area contributed by atoms with E-state index >= 15 is 0 Å². The number of rotatable bonds is 2. The maximum Gasteiger partial charge on any atom is 0.0214 e. The van der Waals surface area contributed by atoms with E-state index in [1.54, 1.807) is 6.42 Å². The first-order valence-corrected chi connectivity index (χ1v) is 6.59. The van der Waals surface area contributed by atoms with Crippen molar-refractivity contribution < 1.29 is 0 Å². The highest BCUT2D eigenvalue weighted by Gasteiger charge is 2.52. The molecule has 1 nitrogen and oxygen atoms in total. The fourth-order valence-corrected chi connectivity index (χ4v) is 4.87. The molecule has 0 amide bonds. The molecule has 4 fully saturated rings. The van der Waals surface area contributed by atoms with E-state index in [4.69, 9.17) is 0 Å². The Bertz CT molecular complexity index is 221. The van der Waals surface area contributed by atoms with Gasteiger partial charge in [-0.2, -0.15) is 0 Å². The molecular formula is C13H23N. The predicted molar refractivity (Wildman–Crippen MR) is 59.2 cm³/mol. The molecule has 0 radical (unpaired) electrons. The third kappa shape index (κ3) is 1.18. The maximum absolute atomic E-state index is 3.86. The molecule has 0 aromatic carbocycles. The molecule has 0 aromatic heterocycles. The molecule has 4 aliphatic rings. The van der Waals surface area contributed by atoms with Crippen LogP contribution in [-0.2, 0) is 0 Å². The fourth-order valence-electron chi connectivity index (χ4n) is 4.87. The van der Waals surface area contributed by atoms with Crippen LogP contribution in [0.25, 0.3) is 0 Å². The second kappa shape index (κ2) is 3.23. The minimum atomic E-state index is 0.596. The number of nitrogens with one attached hydrogen (secondary N) is 1. The SMILES string of the molecule is CCN[C@]12CCC[C@@H]3C[C@@H](CC[C@H]31)C2. The lowest BCUT2D eigenvalue weighted by molar-refractivity contribution is -0.0428. The fraction of sp³-hybridized carbons (Fsp3) is 1.00. The molecule has 0 heterocycles. The van der Waals surface area contributed by atoms with Crippen molar-refractivity contribution in [2.45, 2.75) is 57.4 Å². The van der Waals surface area contributed by atoms with Crippen molar-refractivity contribution in [1.82, 2.24) is 5.32 Å². The maximum atomic E-state index is 3.86. The van der Waals surface area contributed by atoms with Gasteiger partial charge in [0.25, 0.3) is 0 Å². The highest BCUT2D eigenvalue weighted by Crippen LogP contribution is 2.56. The summed E-state index contributed by atoms with van der Waals surface area (Å²) in [5, 5.41) is 3.86. The van der Waals surface area contributed by atoms with Crippen LogP contribution in [0.2, 0.25) is 0 Å². The lowest BCUT2D eigenvalue weighted by Gasteiger charge is -2.59. The van der Waals surface area contributed by atoms with Gasteiger partial charge in [0, 0.05) is 5.54 Å². The third-order valence-electron chi connectivity index (χ3n) is 5.18. The highest BCUT2D eigenvalue weighted by molar-refractivity contribution is 5.08. The number of hydrogen-bond acceptors (Lipinski definition) is 1. The van der Waals surface area contributed by atoms with E-state index in [1.165, 1.54) is 45.1 Å². The van der Waals surface area contributed by atoms with Gasteiger partial charge in [-0.25, -0.2) is 0 Å². The predicted octanol–water partition coefficient (Wildman–Crippen LogP) is 2.95. The monoisotopic (exact) mass is 193 g/mol. The average Bonchev–Trinajstić information content (AvgIpc) is 2.18. The smallest absolute Gasteiger partial charge is 0.0214 e. The summed E-state index contributed by atoms with van der Waals surface area (Å²) in [6.07, 6.45) is 10.6. The lowest BCUT2D eigenvalue weighted by atomic mass is 9.51. The zero-order chi connectivity index (χ0) is 9.60. The van der Waals surface area contributed by atoms with Crippen LogP contribution < -0.4 is 5.32 Å². The van der Waals surface area contributed by atoms with Crippen LogP contribution in [0.15, 0.2) is 0 Å². The average molecular weight is 193 g/mol. The Hall–Kier alpha value is -0.0400. The van der Waals surface area contributed by atoms with Crippen molar-refractivity contribution in [3.05, 3.63) is 0 Å². The van der Waals surface area contributed by atoms with Gasteiger partial charge in [-0.15, -0.1) is 0 Å². The minimum Gasteiger partial charge on any atom is -0.311 e. The van der Waals surface area contributed by atoms with Crippen LogP contribution in [-0.4, -0.2) is 12.1 Å². The molecule has 4 rings (SSSR count). The normalized spacial score (nSPS) is 50.8. The summed E-state index contributed by atoms with van der Waals surface area (Å²) >= 11 is 0. The Morgan fingerprint density at radius 1 is 1.29 bits per heavy atom. The molecule has 4 aliphatic carbocycles. The van der Waals surface area contributed by atoms with Crippen molar-refractivity contribution in [3.8, 4) is 0 Å². The Balaban J connectivity index is 1.88. The van der Waals surface area contributed by atoms with Gasteiger partial charge in [-0.05, 0) is 50.0 Å². The molecule has 0 unspecified atom stereocenters. The van der Waals surface area contributed by atoms with Crippen LogP contribution in [0.4, 0.5) is 0 Å². The molecule has 0 aromatic rings. The topological polar surface area (TPSA) is 12.0 Å². The first-order valence-electron chi connectivity index (χ1n) is 6.59. The van der Waals surface area contributed by atoms with Crippen LogP contribution in [0.3, 0.4) is 0 Å². The summed E-state index contributed by atoms with van der Waals surface area (Å²) in [5.74, 6) is 3.21. The molecule has 0 aliphatic heterocycles. The summed E-state index contributed by atoms with van der Waals surface area (Å²) in [7, 11) is 0. The van der Waals surface area contributed by atoms with Gasteiger partial charge in [0.05, 0.1) is 0 Å². The van der Waals surface area contributed by atoms with Crippen molar-refractivity contribution in [1.29, 1.82) is 0 Å². The van der Waals surface area contributed by atoms with E-state index in [0.29, 0.717) is 5.54 Å². The van der Waals surface area contributed by atoms with Gasteiger partial charge in [0.15, 0.2) is 0 Å². The van der Waals surface area contributed by atoms with E-state index in [-0.39, 0.29) is 0 Å². The summed E-state index contributed by atoms with van der Waals surface area (Å²) in [4.78, 5) is 0. The Morgan fingerprint density at radius 3 is 3.00 bits per heavy atom. The standard InChI is InChI=1S/C13H23N/c1-2-14-13-7-3-4-11-8-10(9-13)5-6-12(11)13/h10-12,14H,2-9H2,1H3/t10-,11-,12-,13+/m1/s1. The van der Waals surface area contributed by atoms with Crippen LogP contribution in [0, 0.1) is 17.8 Å². The Kier molecular flexibility index (Phi) is 2.12. The molecule has 14 heavy (non-hydrogen) atoms. The van der Waals surface area contributed by atoms with Crippen molar-refractivity contribution in [2.24, 2.45) is 17.8 Å². The van der Waals surface area contributed by atoms with Crippen LogP contribution >= 0.6 is 0 Å². The summed E-state index contributed by atoms with van der Waals surface area (Å²) in [6, 6.07) is 0. The number of hydrogen-bond donors (Lipinski definition) is 1. The Labute approximate surface area is 87.7 Å². The van der Waals surface area contributed by atoms with E-state index in [0.717, 1.165) is 17.8 Å². The van der Waals surface area contributed by atoms with Gasteiger partial charge in [0.1, 0.15) is 0 Å². The molecule has 0 spiro atoms. The quantitative estimate of drug-likeness (QED) is 0.711. The molecule has 1 N–H and O–H groups in total. The molecule has 4 atom stereocenters. The van der Waals surface area contributed by atoms with E-state index < -0.39 is 0 Å². The van der Waals surface area contributed by atoms with Gasteiger partial charge in [-0.1, -0.05) is 26.2 Å². The van der Waals surface area contributed by atoms with E-state index in [9.17, 15) is 0 Å². The van der Waals surface area contributed by atoms with E-state index in [2.05, 4.69) is 12.2 Å². The van der Waals surface area contributed by atoms with Gasteiger partial charge in [0.2, 0.25) is 0 Å². The first-order chi connectivity index (χ1) is 6.84. The van der Waals surface area contributed by atoms with Crippen molar-refractivity contribution in [3.63, 3.8) is 0 Å². The Morgan fingerprint density at radius 2 is 2.21 bits per heavy atom. The summed E-state index contributed by atoms with van der Waals surface area (Å²) in [6.45, 7) is 3.45. The molecule has 4 saturated carbocycles. The molecule has 80 valence electrons. The zero-order valence-electron chi connectivity index (χ0n) is 9.39. The molecular weight excluding hydrogens is 170 g/mol. The van der Waals surface area contributed by atoms with Crippen LogP contribution in [0.1, 0.15) is 51.9 Å². The van der Waals surface area contributed by atoms with Gasteiger partial charge < -0.3 is 5.32 Å². The lowest BCUT2D eigenvalue weighted by Crippen LogP contribution is -2.61. The second-order valence-corrected chi connectivity index (χ2v) is 5.83.